The van der Waals surface area contributed by atoms with Gasteiger partial charge in [0.25, 0.3) is 0 Å². The molecule has 0 bridgehead atoms. The molecular formula is C22H19N3OS. The zero-order chi connectivity index (χ0) is 18.6. The summed E-state index contributed by atoms with van der Waals surface area (Å²) in [6, 6.07) is 25.7. The van der Waals surface area contributed by atoms with Gasteiger partial charge >= 0.3 is 0 Å². The van der Waals surface area contributed by atoms with Gasteiger partial charge in [-0.2, -0.15) is 0 Å². The molecule has 0 spiro atoms. The highest BCUT2D eigenvalue weighted by atomic mass is 32.2. The summed E-state index contributed by atoms with van der Waals surface area (Å²) < 4.78 is 1.97. The third-order valence-electron chi connectivity index (χ3n) is 4.34. The molecule has 5 heteroatoms. The van der Waals surface area contributed by atoms with Gasteiger partial charge in [-0.15, -0.1) is 11.8 Å². The van der Waals surface area contributed by atoms with Crippen molar-refractivity contribution in [1.82, 2.24) is 9.55 Å². The number of carbonyl (C=O) groups is 1. The number of nitrogens with zero attached hydrogens (tertiary/aromatic N) is 2. The summed E-state index contributed by atoms with van der Waals surface area (Å²) in [5.74, 6) is 0.721. The number of amides is 1. The van der Waals surface area contributed by atoms with Crippen molar-refractivity contribution in [3.05, 3.63) is 78.9 Å². The number of thioether (sulfide) groups is 1. The Kier molecular flexibility index (Phi) is 4.94. The number of hydrogen-bond donors (Lipinski definition) is 1. The molecule has 27 heavy (non-hydrogen) atoms. The van der Waals surface area contributed by atoms with E-state index in [4.69, 9.17) is 4.98 Å². The van der Waals surface area contributed by atoms with E-state index in [9.17, 15) is 4.79 Å². The van der Waals surface area contributed by atoms with E-state index < -0.39 is 0 Å². The average Bonchev–Trinajstić information content (AvgIpc) is 3.07. The van der Waals surface area contributed by atoms with Crippen LogP contribution in [-0.4, -0.2) is 21.7 Å². The summed E-state index contributed by atoms with van der Waals surface area (Å²) in [4.78, 5) is 18.6. The maximum absolute atomic E-state index is 12.7. The zero-order valence-electron chi connectivity index (χ0n) is 14.9. The van der Waals surface area contributed by atoms with Gasteiger partial charge in [0.1, 0.15) is 12.4 Å². The van der Waals surface area contributed by atoms with Crippen LogP contribution in [0.2, 0.25) is 0 Å². The molecule has 3 aromatic carbocycles. The van der Waals surface area contributed by atoms with Gasteiger partial charge in [0.05, 0.1) is 11.0 Å². The minimum absolute atomic E-state index is 0.0754. The van der Waals surface area contributed by atoms with E-state index in [1.807, 2.05) is 89.7 Å². The fraction of sp³-hybridized carbons (Fsp3) is 0.0909. The van der Waals surface area contributed by atoms with Crippen molar-refractivity contribution in [2.75, 3.05) is 11.6 Å². The van der Waals surface area contributed by atoms with Crippen LogP contribution < -0.4 is 5.32 Å². The first-order valence-electron chi connectivity index (χ1n) is 8.69. The molecule has 0 unspecified atom stereocenters. The predicted octanol–water partition coefficient (Wildman–Crippen LogP) is 5.06. The number of rotatable bonds is 5. The molecule has 0 aliphatic heterocycles. The molecule has 0 saturated carbocycles. The molecule has 1 heterocycles. The van der Waals surface area contributed by atoms with E-state index in [1.54, 1.807) is 11.8 Å². The van der Waals surface area contributed by atoms with Gasteiger partial charge in [-0.3, -0.25) is 4.79 Å². The molecule has 4 nitrogen and oxygen atoms in total. The number of anilines is 1. The highest BCUT2D eigenvalue weighted by Crippen LogP contribution is 2.25. The minimum Gasteiger partial charge on any atom is -0.324 e. The van der Waals surface area contributed by atoms with Crippen molar-refractivity contribution in [2.24, 2.45) is 0 Å². The summed E-state index contributed by atoms with van der Waals surface area (Å²) in [6.07, 6.45) is 2.02. The van der Waals surface area contributed by atoms with Gasteiger partial charge < -0.3 is 9.88 Å². The summed E-state index contributed by atoms with van der Waals surface area (Å²) in [6.45, 7) is 0.203. The number of carbonyl (C=O) groups excluding carboxylic acids is 1. The second-order valence-electron chi connectivity index (χ2n) is 6.16. The van der Waals surface area contributed by atoms with E-state index in [1.165, 1.54) is 0 Å². The number of hydrogen-bond acceptors (Lipinski definition) is 3. The second kappa shape index (κ2) is 7.68. The normalized spacial score (nSPS) is 10.9. The first-order valence-corrected chi connectivity index (χ1v) is 9.91. The number of benzene rings is 3. The minimum atomic E-state index is -0.0754. The molecule has 134 valence electrons. The molecular weight excluding hydrogens is 354 g/mol. The molecule has 1 aromatic heterocycles. The van der Waals surface area contributed by atoms with Crippen LogP contribution in [0.5, 0.6) is 0 Å². The van der Waals surface area contributed by atoms with Gasteiger partial charge in [-0.1, -0.05) is 48.5 Å². The van der Waals surface area contributed by atoms with Gasteiger partial charge in [-0.25, -0.2) is 4.98 Å². The number of para-hydroxylation sites is 2. The number of nitrogens with one attached hydrogen (secondary N) is 1. The molecule has 1 amide bonds. The van der Waals surface area contributed by atoms with Crippen LogP contribution in [0.1, 0.15) is 0 Å². The molecule has 4 aromatic rings. The highest BCUT2D eigenvalue weighted by Gasteiger charge is 2.15. The van der Waals surface area contributed by atoms with Gasteiger partial charge in [0.2, 0.25) is 5.91 Å². The van der Waals surface area contributed by atoms with Crippen LogP contribution in [0, 0.1) is 0 Å². The van der Waals surface area contributed by atoms with E-state index >= 15 is 0 Å². The first kappa shape index (κ1) is 17.4. The predicted molar refractivity (Wildman–Crippen MR) is 112 cm³/mol. The smallest absolute Gasteiger partial charge is 0.244 e. The van der Waals surface area contributed by atoms with E-state index in [-0.39, 0.29) is 12.5 Å². The number of imidazole rings is 1. The fourth-order valence-corrected chi connectivity index (χ4v) is 3.55. The lowest BCUT2D eigenvalue weighted by atomic mass is 10.2. The Morgan fingerprint density at radius 1 is 1.00 bits per heavy atom. The summed E-state index contributed by atoms with van der Waals surface area (Å²) in [7, 11) is 0. The molecule has 0 fully saturated rings. The Morgan fingerprint density at radius 2 is 1.78 bits per heavy atom. The molecule has 0 radical (unpaired) electrons. The molecule has 1 N–H and O–H groups in total. The Labute approximate surface area is 162 Å². The fourth-order valence-electron chi connectivity index (χ4n) is 3.09. The van der Waals surface area contributed by atoms with E-state index in [0.717, 1.165) is 33.0 Å². The molecule has 4 rings (SSSR count). The summed E-state index contributed by atoms with van der Waals surface area (Å²) in [5.41, 5.74) is 3.63. The van der Waals surface area contributed by atoms with Crippen LogP contribution in [0.25, 0.3) is 22.4 Å². The van der Waals surface area contributed by atoms with Crippen LogP contribution in [0.15, 0.2) is 83.8 Å². The topological polar surface area (TPSA) is 46.9 Å². The largest absolute Gasteiger partial charge is 0.324 e. The van der Waals surface area contributed by atoms with Crippen LogP contribution in [0.4, 0.5) is 5.69 Å². The molecule has 0 saturated heterocycles. The van der Waals surface area contributed by atoms with Crippen LogP contribution in [0.3, 0.4) is 0 Å². The van der Waals surface area contributed by atoms with Crippen molar-refractivity contribution in [2.45, 2.75) is 11.4 Å². The molecule has 0 aliphatic carbocycles. The van der Waals surface area contributed by atoms with Crippen molar-refractivity contribution >= 4 is 34.4 Å². The quantitative estimate of drug-likeness (QED) is 0.497. The van der Waals surface area contributed by atoms with Crippen molar-refractivity contribution in [3.63, 3.8) is 0 Å². The Bertz CT molecular complexity index is 1090. The van der Waals surface area contributed by atoms with Crippen molar-refractivity contribution < 1.29 is 4.79 Å². The Balaban J connectivity index is 1.67. The molecule has 0 atom stereocenters. The monoisotopic (exact) mass is 373 g/mol. The first-order chi connectivity index (χ1) is 13.2. The maximum atomic E-state index is 12.7. The average molecular weight is 373 g/mol. The second-order valence-corrected chi connectivity index (χ2v) is 7.04. The zero-order valence-corrected chi connectivity index (χ0v) is 15.7. The van der Waals surface area contributed by atoms with E-state index in [0.29, 0.717) is 0 Å². The Morgan fingerprint density at radius 3 is 2.59 bits per heavy atom. The summed E-state index contributed by atoms with van der Waals surface area (Å²) >= 11 is 1.65. The van der Waals surface area contributed by atoms with E-state index in [2.05, 4.69) is 5.32 Å². The third-order valence-corrected chi connectivity index (χ3v) is 5.07. The van der Waals surface area contributed by atoms with Crippen molar-refractivity contribution in [3.8, 4) is 11.4 Å². The van der Waals surface area contributed by atoms with Gasteiger partial charge in [-0.05, 0) is 36.6 Å². The summed E-state index contributed by atoms with van der Waals surface area (Å²) in [5, 5.41) is 3.00. The standard InChI is InChI=1S/C22H19N3OS/c1-27-18-11-7-10-17(14-18)23-21(26)15-25-20-13-6-5-12-19(20)24-22(25)16-8-3-2-4-9-16/h2-14H,15H2,1H3,(H,23,26). The molecule has 0 aliphatic rings. The van der Waals surface area contributed by atoms with Crippen LogP contribution >= 0.6 is 11.8 Å². The Hall–Kier alpha value is -3.05. The van der Waals surface area contributed by atoms with Gasteiger partial charge in [0.15, 0.2) is 0 Å². The lowest BCUT2D eigenvalue weighted by Crippen LogP contribution is -2.19. The lowest BCUT2D eigenvalue weighted by Gasteiger charge is -2.11. The number of aromatic nitrogens is 2. The lowest BCUT2D eigenvalue weighted by molar-refractivity contribution is -0.116. The third kappa shape index (κ3) is 3.73. The van der Waals surface area contributed by atoms with Crippen LogP contribution in [-0.2, 0) is 11.3 Å². The van der Waals surface area contributed by atoms with Gasteiger partial charge in [0, 0.05) is 16.1 Å². The van der Waals surface area contributed by atoms with Crippen molar-refractivity contribution in [1.29, 1.82) is 0 Å². The maximum Gasteiger partial charge on any atom is 0.244 e. The SMILES string of the molecule is CSc1cccc(NC(=O)Cn2c(-c3ccccc3)nc3ccccc32)c1. The highest BCUT2D eigenvalue weighted by molar-refractivity contribution is 7.98. The number of fused-ring (bicyclic) bond motifs is 1.